The van der Waals surface area contributed by atoms with Crippen molar-refractivity contribution in [1.29, 1.82) is 0 Å². The molecule has 6 nitrogen and oxygen atoms in total. The fraction of sp³-hybridized carbons (Fsp3) is 0.500. The average Bonchev–Trinajstić information content (AvgIpc) is 2.89. The molecular weight excluding hydrogens is 234 g/mol. The van der Waals surface area contributed by atoms with Crippen LogP contribution in [0.1, 0.15) is 6.42 Å². The first-order valence-corrected chi connectivity index (χ1v) is 5.98. The molecule has 0 bridgehead atoms. The highest BCUT2D eigenvalue weighted by Gasteiger charge is 2.16. The molecular formula is C12H17N3O3. The van der Waals surface area contributed by atoms with Gasteiger partial charge in [-0.05, 0) is 12.5 Å². The molecule has 1 fully saturated rings. The lowest BCUT2D eigenvalue weighted by Crippen LogP contribution is -2.14. The van der Waals surface area contributed by atoms with Gasteiger partial charge in [-0.1, -0.05) is 0 Å². The summed E-state index contributed by atoms with van der Waals surface area (Å²) in [5, 5.41) is 17.0. The van der Waals surface area contributed by atoms with Crippen molar-refractivity contribution in [3.8, 4) is 0 Å². The molecule has 0 radical (unpaired) electrons. The predicted octanol–water partition coefficient (Wildman–Crippen LogP) is 2.08. The van der Waals surface area contributed by atoms with E-state index >= 15 is 0 Å². The summed E-state index contributed by atoms with van der Waals surface area (Å²) in [5.41, 5.74) is 1.59. The molecule has 1 aliphatic heterocycles. The van der Waals surface area contributed by atoms with Crippen LogP contribution < -0.4 is 10.6 Å². The van der Waals surface area contributed by atoms with Gasteiger partial charge in [-0.2, -0.15) is 0 Å². The standard InChI is InChI=1S/C12H17N3O3/c1-13-10-4-11(6-12(5-10)15(16)17)14-7-9-2-3-18-8-9/h4-6,9,13-14H,2-3,7-8H2,1H3. The van der Waals surface area contributed by atoms with Crippen LogP contribution in [0, 0.1) is 16.0 Å². The zero-order valence-electron chi connectivity index (χ0n) is 10.3. The van der Waals surface area contributed by atoms with Crippen molar-refractivity contribution in [2.24, 2.45) is 5.92 Å². The largest absolute Gasteiger partial charge is 0.388 e. The molecule has 1 aromatic carbocycles. The molecule has 1 atom stereocenters. The lowest BCUT2D eigenvalue weighted by Gasteiger charge is -2.11. The molecule has 2 rings (SSSR count). The second-order valence-corrected chi connectivity index (χ2v) is 4.39. The van der Waals surface area contributed by atoms with E-state index in [4.69, 9.17) is 4.74 Å². The van der Waals surface area contributed by atoms with Crippen LogP contribution in [-0.4, -0.2) is 31.7 Å². The maximum atomic E-state index is 10.8. The van der Waals surface area contributed by atoms with Gasteiger partial charge in [-0.25, -0.2) is 0 Å². The number of nitro groups is 1. The molecule has 0 spiro atoms. The van der Waals surface area contributed by atoms with E-state index in [2.05, 4.69) is 10.6 Å². The number of nitro benzene ring substituents is 1. The van der Waals surface area contributed by atoms with Gasteiger partial charge in [-0.3, -0.25) is 10.1 Å². The van der Waals surface area contributed by atoms with Crippen LogP contribution in [0.2, 0.25) is 0 Å². The van der Waals surface area contributed by atoms with Crippen LogP contribution in [-0.2, 0) is 4.74 Å². The van der Waals surface area contributed by atoms with E-state index < -0.39 is 0 Å². The third-order valence-corrected chi connectivity index (χ3v) is 3.04. The number of non-ortho nitro benzene ring substituents is 1. The minimum Gasteiger partial charge on any atom is -0.388 e. The maximum Gasteiger partial charge on any atom is 0.273 e. The quantitative estimate of drug-likeness (QED) is 0.619. The van der Waals surface area contributed by atoms with Crippen molar-refractivity contribution in [2.45, 2.75) is 6.42 Å². The van der Waals surface area contributed by atoms with Gasteiger partial charge in [0.2, 0.25) is 0 Å². The topological polar surface area (TPSA) is 76.4 Å². The molecule has 1 unspecified atom stereocenters. The van der Waals surface area contributed by atoms with E-state index in [1.807, 2.05) is 6.07 Å². The van der Waals surface area contributed by atoms with Crippen molar-refractivity contribution in [2.75, 3.05) is 37.4 Å². The van der Waals surface area contributed by atoms with Gasteiger partial charge in [0.1, 0.15) is 0 Å². The number of benzene rings is 1. The van der Waals surface area contributed by atoms with Crippen LogP contribution in [0.25, 0.3) is 0 Å². The Morgan fingerprint density at radius 2 is 2.22 bits per heavy atom. The van der Waals surface area contributed by atoms with Gasteiger partial charge in [0.25, 0.3) is 5.69 Å². The SMILES string of the molecule is CNc1cc(NCC2CCOC2)cc([N+](=O)[O-])c1. The van der Waals surface area contributed by atoms with E-state index in [9.17, 15) is 10.1 Å². The number of nitrogens with one attached hydrogen (secondary N) is 2. The normalized spacial score (nSPS) is 18.6. The van der Waals surface area contributed by atoms with Crippen molar-refractivity contribution < 1.29 is 9.66 Å². The van der Waals surface area contributed by atoms with Gasteiger partial charge < -0.3 is 15.4 Å². The predicted molar refractivity (Wildman–Crippen MR) is 70.1 cm³/mol. The molecule has 18 heavy (non-hydrogen) atoms. The first kappa shape index (κ1) is 12.6. The van der Waals surface area contributed by atoms with E-state index in [1.165, 1.54) is 6.07 Å². The van der Waals surface area contributed by atoms with Crippen molar-refractivity contribution in [1.82, 2.24) is 0 Å². The molecule has 0 aromatic heterocycles. The monoisotopic (exact) mass is 251 g/mol. The van der Waals surface area contributed by atoms with Crippen LogP contribution >= 0.6 is 0 Å². The third-order valence-electron chi connectivity index (χ3n) is 3.04. The van der Waals surface area contributed by atoms with Gasteiger partial charge in [0, 0.05) is 49.6 Å². The molecule has 6 heteroatoms. The van der Waals surface area contributed by atoms with Gasteiger partial charge >= 0.3 is 0 Å². The number of rotatable bonds is 5. The number of nitrogens with zero attached hydrogens (tertiary/aromatic N) is 1. The maximum absolute atomic E-state index is 10.8. The van der Waals surface area contributed by atoms with Crippen LogP contribution in [0.4, 0.5) is 17.1 Å². The highest BCUT2D eigenvalue weighted by atomic mass is 16.6. The van der Waals surface area contributed by atoms with Crippen LogP contribution in [0.3, 0.4) is 0 Å². The van der Waals surface area contributed by atoms with E-state index in [1.54, 1.807) is 13.1 Å². The molecule has 0 aliphatic carbocycles. The summed E-state index contributed by atoms with van der Waals surface area (Å²) in [5.74, 6) is 0.488. The molecule has 1 aromatic rings. The second-order valence-electron chi connectivity index (χ2n) is 4.39. The molecule has 0 amide bonds. The molecule has 1 heterocycles. The van der Waals surface area contributed by atoms with Gasteiger partial charge in [0.05, 0.1) is 11.5 Å². The Hall–Kier alpha value is -1.82. The highest BCUT2D eigenvalue weighted by molar-refractivity contribution is 5.63. The van der Waals surface area contributed by atoms with Crippen molar-refractivity contribution in [3.63, 3.8) is 0 Å². The third kappa shape index (κ3) is 3.10. The van der Waals surface area contributed by atoms with Gasteiger partial charge in [-0.15, -0.1) is 0 Å². The number of ether oxygens (including phenoxy) is 1. The highest BCUT2D eigenvalue weighted by Crippen LogP contribution is 2.24. The summed E-state index contributed by atoms with van der Waals surface area (Å²) in [6.07, 6.45) is 1.04. The summed E-state index contributed by atoms with van der Waals surface area (Å²) in [7, 11) is 1.74. The van der Waals surface area contributed by atoms with Crippen molar-refractivity contribution >= 4 is 17.1 Å². The Morgan fingerprint density at radius 1 is 1.44 bits per heavy atom. The average molecular weight is 251 g/mol. The van der Waals surface area contributed by atoms with Crippen LogP contribution in [0.5, 0.6) is 0 Å². The van der Waals surface area contributed by atoms with Crippen LogP contribution in [0.15, 0.2) is 18.2 Å². The second kappa shape index (κ2) is 5.68. The number of hydrogen-bond acceptors (Lipinski definition) is 5. The fourth-order valence-corrected chi connectivity index (χ4v) is 1.97. The van der Waals surface area contributed by atoms with Gasteiger partial charge in [0.15, 0.2) is 0 Å². The first-order chi connectivity index (χ1) is 8.69. The Kier molecular flexibility index (Phi) is 3.99. The minimum atomic E-state index is -0.384. The van der Waals surface area contributed by atoms with Crippen molar-refractivity contribution in [3.05, 3.63) is 28.3 Å². The zero-order chi connectivity index (χ0) is 13.0. The Bertz CT molecular complexity index is 431. The fourth-order valence-electron chi connectivity index (χ4n) is 1.97. The summed E-state index contributed by atoms with van der Waals surface area (Å²) in [6.45, 7) is 2.36. The molecule has 1 aliphatic rings. The van der Waals surface area contributed by atoms with E-state index in [0.29, 0.717) is 5.92 Å². The van der Waals surface area contributed by atoms with E-state index in [0.717, 1.165) is 37.6 Å². The molecule has 1 saturated heterocycles. The minimum absolute atomic E-state index is 0.0898. The lowest BCUT2D eigenvalue weighted by atomic mass is 10.1. The zero-order valence-corrected chi connectivity index (χ0v) is 10.3. The Labute approximate surface area is 105 Å². The summed E-state index contributed by atoms with van der Waals surface area (Å²) >= 11 is 0. The first-order valence-electron chi connectivity index (χ1n) is 5.98. The Balaban J connectivity index is 2.05. The molecule has 98 valence electrons. The summed E-state index contributed by atoms with van der Waals surface area (Å²) < 4.78 is 5.29. The number of anilines is 2. The summed E-state index contributed by atoms with van der Waals surface area (Å²) in [4.78, 5) is 10.4. The molecule has 2 N–H and O–H groups in total. The number of hydrogen-bond donors (Lipinski definition) is 2. The lowest BCUT2D eigenvalue weighted by molar-refractivity contribution is -0.384. The summed E-state index contributed by atoms with van der Waals surface area (Å²) in [6, 6.07) is 4.93. The van der Waals surface area contributed by atoms with E-state index in [-0.39, 0.29) is 10.6 Å². The Morgan fingerprint density at radius 3 is 2.83 bits per heavy atom. The smallest absolute Gasteiger partial charge is 0.273 e. The molecule has 0 saturated carbocycles.